The van der Waals surface area contributed by atoms with E-state index in [0.717, 1.165) is 24.8 Å². The summed E-state index contributed by atoms with van der Waals surface area (Å²) in [7, 11) is 7.12. The van der Waals surface area contributed by atoms with Crippen molar-refractivity contribution in [3.05, 3.63) is 37.0 Å². The summed E-state index contributed by atoms with van der Waals surface area (Å²) in [6, 6.07) is -0.285. The first kappa shape index (κ1) is 31.3. The smallest absolute Gasteiger partial charge is 0.317 e. The minimum Gasteiger partial charge on any atom is -0.349 e. The first-order chi connectivity index (χ1) is 16.7. The third kappa shape index (κ3) is 10.9. The van der Waals surface area contributed by atoms with Gasteiger partial charge in [0.1, 0.15) is 0 Å². The lowest BCUT2D eigenvalue weighted by molar-refractivity contribution is -0.130. The van der Waals surface area contributed by atoms with Crippen LogP contribution in [0.3, 0.4) is 0 Å². The quantitative estimate of drug-likeness (QED) is 0.390. The number of carbonyl (C=O) groups excluding carboxylic acids is 3. The van der Waals surface area contributed by atoms with E-state index in [1.807, 2.05) is 0 Å². The van der Waals surface area contributed by atoms with Crippen LogP contribution in [0.1, 0.15) is 52.9 Å². The lowest BCUT2D eigenvalue weighted by atomic mass is 9.60. The summed E-state index contributed by atoms with van der Waals surface area (Å²) >= 11 is 0. The molecule has 8 nitrogen and oxygen atoms in total. The number of nitrogens with one attached hydrogen (secondary N) is 2. The van der Waals surface area contributed by atoms with Crippen molar-refractivity contribution < 1.29 is 14.4 Å². The van der Waals surface area contributed by atoms with Gasteiger partial charge in [-0.25, -0.2) is 9.59 Å². The highest BCUT2D eigenvalue weighted by atomic mass is 16.2. The molecule has 0 aromatic rings. The molecule has 0 aromatic heterocycles. The number of carbonyl (C=O) groups is 3. The second-order valence-electron chi connectivity index (χ2n) is 11.6. The minimum atomic E-state index is -0.172. The Labute approximate surface area is 218 Å². The second-order valence-corrected chi connectivity index (χ2v) is 11.6. The van der Waals surface area contributed by atoms with E-state index in [2.05, 4.69) is 44.6 Å². The molecule has 1 aliphatic rings. The van der Waals surface area contributed by atoms with Crippen LogP contribution in [0.5, 0.6) is 0 Å². The molecule has 36 heavy (non-hydrogen) atoms. The van der Waals surface area contributed by atoms with Crippen LogP contribution in [-0.2, 0) is 4.79 Å². The molecular formula is C28H49N5O3. The third-order valence-electron chi connectivity index (χ3n) is 6.87. The molecule has 2 N–H and O–H groups in total. The minimum absolute atomic E-state index is 0.0574. The Morgan fingerprint density at radius 2 is 1.53 bits per heavy atom. The predicted molar refractivity (Wildman–Crippen MR) is 148 cm³/mol. The van der Waals surface area contributed by atoms with Gasteiger partial charge in [0.15, 0.2) is 0 Å². The SMILES string of the molecule is C=C/C=C(\C=C)CNC(=O)N(C)CCCN(C)C(=O)NCC1(C)CC(CC(=O)N(C)C)CC(C)(C)C1. The molecule has 1 rings (SSSR count). The van der Waals surface area contributed by atoms with E-state index in [1.54, 1.807) is 61.1 Å². The fourth-order valence-corrected chi connectivity index (χ4v) is 5.39. The Balaban J connectivity index is 2.50. The second kappa shape index (κ2) is 14.1. The molecule has 0 radical (unpaired) electrons. The van der Waals surface area contributed by atoms with Gasteiger partial charge in [-0.2, -0.15) is 0 Å². The van der Waals surface area contributed by atoms with E-state index in [-0.39, 0.29) is 28.8 Å². The van der Waals surface area contributed by atoms with Gasteiger partial charge in [0.25, 0.3) is 0 Å². The molecule has 5 amide bonds. The fraction of sp³-hybridized carbons (Fsp3) is 0.679. The molecule has 0 aromatic carbocycles. The molecule has 204 valence electrons. The maximum absolute atomic E-state index is 12.8. The van der Waals surface area contributed by atoms with Crippen molar-refractivity contribution in [2.24, 2.45) is 16.7 Å². The summed E-state index contributed by atoms with van der Waals surface area (Å²) in [5.41, 5.74) is 0.951. The van der Waals surface area contributed by atoms with Gasteiger partial charge in [-0.3, -0.25) is 4.79 Å². The highest BCUT2D eigenvalue weighted by Gasteiger charge is 2.42. The first-order valence-corrected chi connectivity index (χ1v) is 12.8. The molecule has 0 heterocycles. The van der Waals surface area contributed by atoms with Gasteiger partial charge < -0.3 is 25.3 Å². The molecule has 1 saturated carbocycles. The average Bonchev–Trinajstić information content (AvgIpc) is 2.78. The number of hydrogen-bond donors (Lipinski definition) is 2. The Kier molecular flexibility index (Phi) is 12.2. The van der Waals surface area contributed by atoms with Crippen molar-refractivity contribution in [1.82, 2.24) is 25.3 Å². The van der Waals surface area contributed by atoms with E-state index in [4.69, 9.17) is 0 Å². The number of hydrogen-bond acceptors (Lipinski definition) is 3. The lowest BCUT2D eigenvalue weighted by Crippen LogP contribution is -2.47. The number of allylic oxidation sites excluding steroid dienone is 2. The summed E-state index contributed by atoms with van der Waals surface area (Å²) in [5, 5.41) is 5.97. The van der Waals surface area contributed by atoms with Crippen LogP contribution >= 0.6 is 0 Å². The lowest BCUT2D eigenvalue weighted by Gasteiger charge is -2.47. The van der Waals surface area contributed by atoms with Crippen LogP contribution in [0.25, 0.3) is 0 Å². The van der Waals surface area contributed by atoms with Crippen LogP contribution in [0.15, 0.2) is 37.0 Å². The van der Waals surface area contributed by atoms with E-state index >= 15 is 0 Å². The van der Waals surface area contributed by atoms with E-state index < -0.39 is 0 Å². The van der Waals surface area contributed by atoms with Gasteiger partial charge in [-0.05, 0) is 48.0 Å². The highest BCUT2D eigenvalue weighted by molar-refractivity contribution is 5.76. The Bertz CT molecular complexity index is 820. The zero-order chi connectivity index (χ0) is 27.5. The van der Waals surface area contributed by atoms with Gasteiger partial charge in [0.05, 0.1) is 0 Å². The van der Waals surface area contributed by atoms with Crippen molar-refractivity contribution in [3.63, 3.8) is 0 Å². The van der Waals surface area contributed by atoms with Crippen molar-refractivity contribution in [1.29, 1.82) is 0 Å². The summed E-state index contributed by atoms with van der Waals surface area (Å²) in [6.07, 6.45) is 9.34. The van der Waals surface area contributed by atoms with E-state index in [9.17, 15) is 14.4 Å². The summed E-state index contributed by atoms with van der Waals surface area (Å²) in [6.45, 7) is 16.2. The number of nitrogens with zero attached hydrogens (tertiary/aromatic N) is 3. The zero-order valence-electron chi connectivity index (χ0n) is 23.7. The van der Waals surface area contributed by atoms with Gasteiger partial charge in [0, 0.05) is 60.8 Å². The Hall–Kier alpha value is -2.77. The van der Waals surface area contributed by atoms with Crippen molar-refractivity contribution in [2.45, 2.75) is 52.9 Å². The Morgan fingerprint density at radius 1 is 0.944 bits per heavy atom. The molecule has 0 aliphatic heterocycles. The van der Waals surface area contributed by atoms with E-state index in [0.29, 0.717) is 44.9 Å². The molecule has 0 saturated heterocycles. The van der Waals surface area contributed by atoms with E-state index in [1.165, 1.54) is 0 Å². The summed E-state index contributed by atoms with van der Waals surface area (Å²) in [5.74, 6) is 0.483. The fourth-order valence-electron chi connectivity index (χ4n) is 5.39. The van der Waals surface area contributed by atoms with Crippen LogP contribution in [0.4, 0.5) is 9.59 Å². The van der Waals surface area contributed by atoms with Gasteiger partial charge in [-0.1, -0.05) is 52.2 Å². The largest absolute Gasteiger partial charge is 0.349 e. The van der Waals surface area contributed by atoms with Crippen molar-refractivity contribution in [2.75, 3.05) is 54.4 Å². The molecule has 2 atom stereocenters. The highest BCUT2D eigenvalue weighted by Crippen LogP contribution is 2.49. The molecule has 8 heteroatoms. The molecule has 0 spiro atoms. The van der Waals surface area contributed by atoms with Crippen LogP contribution in [-0.4, -0.2) is 87.0 Å². The maximum Gasteiger partial charge on any atom is 0.317 e. The number of amides is 5. The van der Waals surface area contributed by atoms with Crippen LogP contribution in [0, 0.1) is 16.7 Å². The maximum atomic E-state index is 12.8. The molecule has 0 bridgehead atoms. The first-order valence-electron chi connectivity index (χ1n) is 12.8. The van der Waals surface area contributed by atoms with Crippen molar-refractivity contribution >= 4 is 18.0 Å². The van der Waals surface area contributed by atoms with Crippen molar-refractivity contribution in [3.8, 4) is 0 Å². The van der Waals surface area contributed by atoms with Gasteiger partial charge in [-0.15, -0.1) is 0 Å². The zero-order valence-corrected chi connectivity index (χ0v) is 23.7. The molecule has 2 unspecified atom stereocenters. The topological polar surface area (TPSA) is 85.0 Å². The Morgan fingerprint density at radius 3 is 2.06 bits per heavy atom. The average molecular weight is 504 g/mol. The normalized spacial score (nSPS) is 21.2. The molecule has 1 fully saturated rings. The summed E-state index contributed by atoms with van der Waals surface area (Å²) in [4.78, 5) is 42.3. The standard InChI is InChI=1S/C28H49N5O3/c1-10-13-22(11-2)19-29-25(35)32(8)14-12-15-33(9)26(36)30-21-28(5)18-23(16-24(34)31(6)7)17-27(3,4)20-28/h10-11,13,23H,1-2,12,14-21H2,3-9H3,(H,29,35)(H,30,36)/b22-13+. The number of urea groups is 2. The third-order valence-corrected chi connectivity index (χ3v) is 6.87. The van der Waals surface area contributed by atoms with Gasteiger partial charge >= 0.3 is 12.1 Å². The monoisotopic (exact) mass is 503 g/mol. The van der Waals surface area contributed by atoms with Crippen LogP contribution < -0.4 is 10.6 Å². The number of rotatable bonds is 12. The molecular weight excluding hydrogens is 454 g/mol. The summed E-state index contributed by atoms with van der Waals surface area (Å²) < 4.78 is 0. The predicted octanol–water partition coefficient (Wildman–Crippen LogP) is 4.27. The van der Waals surface area contributed by atoms with Crippen LogP contribution in [0.2, 0.25) is 0 Å². The molecule has 1 aliphatic carbocycles. The van der Waals surface area contributed by atoms with Gasteiger partial charge in [0.2, 0.25) is 5.91 Å².